The number of amides is 2. The first kappa shape index (κ1) is 21.2. The number of benzene rings is 2. The van der Waals surface area contributed by atoms with Crippen LogP contribution in [0.4, 0.5) is 8.78 Å². The van der Waals surface area contributed by atoms with Crippen molar-refractivity contribution in [2.45, 2.75) is 24.6 Å². The number of aliphatic hydroxyl groups is 2. The van der Waals surface area contributed by atoms with Crippen LogP contribution in [0, 0.1) is 0 Å². The number of carbonyl (C=O) groups excluding carboxylic acids is 2. The summed E-state index contributed by atoms with van der Waals surface area (Å²) >= 11 is 0. The predicted molar refractivity (Wildman–Crippen MR) is 106 cm³/mol. The summed E-state index contributed by atoms with van der Waals surface area (Å²) in [5.41, 5.74) is -1.20. The molecule has 2 aromatic rings. The van der Waals surface area contributed by atoms with Crippen molar-refractivity contribution >= 4 is 11.8 Å². The number of hydrogen-bond donors (Lipinski definition) is 3. The molecule has 2 aromatic carbocycles. The number of phenols is 1. The van der Waals surface area contributed by atoms with E-state index in [1.165, 1.54) is 36.4 Å². The number of piperazine rings is 1. The summed E-state index contributed by atoms with van der Waals surface area (Å²) < 4.78 is 27.1. The van der Waals surface area contributed by atoms with Gasteiger partial charge in [0.05, 0.1) is 5.56 Å². The Morgan fingerprint density at radius 2 is 1.52 bits per heavy atom. The minimum Gasteiger partial charge on any atom is -0.508 e. The van der Waals surface area contributed by atoms with Crippen molar-refractivity contribution < 1.29 is 33.7 Å². The van der Waals surface area contributed by atoms with Crippen molar-refractivity contribution in [3.8, 4) is 16.9 Å². The lowest BCUT2D eigenvalue weighted by atomic mass is 9.97. The van der Waals surface area contributed by atoms with Crippen molar-refractivity contribution in [3.63, 3.8) is 0 Å². The summed E-state index contributed by atoms with van der Waals surface area (Å²) in [7, 11) is 0. The van der Waals surface area contributed by atoms with Gasteiger partial charge in [-0.05, 0) is 48.2 Å². The number of hydrogen-bond acceptors (Lipinski definition) is 5. The molecule has 0 aromatic heterocycles. The number of nitrogens with zero attached hydrogens (tertiary/aromatic N) is 2. The highest BCUT2D eigenvalue weighted by molar-refractivity contribution is 5.95. The van der Waals surface area contributed by atoms with E-state index in [1.54, 1.807) is 9.80 Å². The molecule has 164 valence electrons. The molecule has 0 spiro atoms. The van der Waals surface area contributed by atoms with Crippen LogP contribution in [0.3, 0.4) is 0 Å². The molecule has 9 heteroatoms. The molecule has 0 unspecified atom stereocenters. The summed E-state index contributed by atoms with van der Waals surface area (Å²) in [5, 5.41) is 28.6. The number of rotatable bonds is 4. The lowest BCUT2D eigenvalue weighted by Gasteiger charge is -2.35. The van der Waals surface area contributed by atoms with Crippen molar-refractivity contribution in [2.75, 3.05) is 26.2 Å². The van der Waals surface area contributed by atoms with Crippen LogP contribution >= 0.6 is 0 Å². The van der Waals surface area contributed by atoms with E-state index >= 15 is 0 Å². The number of phenolic OH excluding ortho intramolecular Hbond substituents is 1. The van der Waals surface area contributed by atoms with Gasteiger partial charge in [0.1, 0.15) is 11.4 Å². The molecule has 2 fully saturated rings. The van der Waals surface area contributed by atoms with Crippen LogP contribution in [0.2, 0.25) is 0 Å². The van der Waals surface area contributed by atoms with Crippen LogP contribution < -0.4 is 0 Å². The van der Waals surface area contributed by atoms with Gasteiger partial charge >= 0.3 is 6.11 Å². The molecule has 7 nitrogen and oxygen atoms in total. The fraction of sp³-hybridized carbons (Fsp3) is 0.364. The van der Waals surface area contributed by atoms with Gasteiger partial charge < -0.3 is 25.1 Å². The zero-order valence-corrected chi connectivity index (χ0v) is 16.6. The van der Waals surface area contributed by atoms with Gasteiger partial charge in [-0.15, -0.1) is 0 Å². The molecule has 2 amide bonds. The first-order chi connectivity index (χ1) is 14.6. The molecule has 1 heterocycles. The summed E-state index contributed by atoms with van der Waals surface area (Å²) in [4.78, 5) is 28.2. The lowest BCUT2D eigenvalue weighted by Crippen LogP contribution is -2.53. The van der Waals surface area contributed by atoms with Gasteiger partial charge in [0, 0.05) is 31.7 Å². The van der Waals surface area contributed by atoms with Gasteiger partial charge in [-0.2, -0.15) is 8.78 Å². The van der Waals surface area contributed by atoms with Gasteiger partial charge in [-0.25, -0.2) is 0 Å². The molecular weight excluding hydrogens is 410 g/mol. The van der Waals surface area contributed by atoms with E-state index in [2.05, 4.69) is 0 Å². The molecule has 1 aliphatic carbocycles. The Hall–Kier alpha value is -3.04. The third-order valence-corrected chi connectivity index (χ3v) is 5.75. The van der Waals surface area contributed by atoms with Gasteiger partial charge in [0.2, 0.25) is 0 Å². The average Bonchev–Trinajstić information content (AvgIpc) is 3.51. The highest BCUT2D eigenvalue weighted by Crippen LogP contribution is 2.37. The highest BCUT2D eigenvalue weighted by atomic mass is 19.3. The SMILES string of the molecule is O=C(c1ccc(-c2ccc(O)cc2C(O)(F)F)cc1)N1CCN(C(=O)C2(O)CC2)CC1. The molecule has 31 heavy (non-hydrogen) atoms. The maximum Gasteiger partial charge on any atom is 0.381 e. The summed E-state index contributed by atoms with van der Waals surface area (Å²) in [6, 6.07) is 9.32. The van der Waals surface area contributed by atoms with Crippen molar-refractivity contribution in [1.82, 2.24) is 9.80 Å². The zero-order chi connectivity index (χ0) is 22.4. The molecule has 0 bridgehead atoms. The smallest absolute Gasteiger partial charge is 0.381 e. The maximum atomic E-state index is 13.5. The van der Waals surface area contributed by atoms with Crippen molar-refractivity contribution in [3.05, 3.63) is 53.6 Å². The molecule has 2 aliphatic rings. The molecule has 4 rings (SSSR count). The summed E-state index contributed by atoms with van der Waals surface area (Å²) in [6.07, 6.45) is -3.18. The molecule has 3 N–H and O–H groups in total. The van der Waals surface area contributed by atoms with Crippen LogP contribution in [0.15, 0.2) is 42.5 Å². The second-order valence-electron chi connectivity index (χ2n) is 7.96. The topological polar surface area (TPSA) is 101 Å². The number of alkyl halides is 2. The lowest BCUT2D eigenvalue weighted by molar-refractivity contribution is -0.208. The first-order valence-corrected chi connectivity index (χ1v) is 9.94. The molecule has 0 radical (unpaired) electrons. The summed E-state index contributed by atoms with van der Waals surface area (Å²) in [6.45, 7) is 1.35. The largest absolute Gasteiger partial charge is 0.508 e. The van der Waals surface area contributed by atoms with E-state index in [-0.39, 0.29) is 17.4 Å². The Kier molecular flexibility index (Phi) is 5.18. The Morgan fingerprint density at radius 3 is 2.06 bits per heavy atom. The van der Waals surface area contributed by atoms with Gasteiger partial charge in [0.25, 0.3) is 11.8 Å². The highest BCUT2D eigenvalue weighted by Gasteiger charge is 2.50. The third kappa shape index (κ3) is 4.24. The van der Waals surface area contributed by atoms with Crippen molar-refractivity contribution in [2.24, 2.45) is 0 Å². The fourth-order valence-corrected chi connectivity index (χ4v) is 3.75. The first-order valence-electron chi connectivity index (χ1n) is 9.94. The second kappa shape index (κ2) is 7.58. The minimum absolute atomic E-state index is 0.0365. The summed E-state index contributed by atoms with van der Waals surface area (Å²) in [5.74, 6) is -0.928. The van der Waals surface area contributed by atoms with E-state index in [9.17, 15) is 28.6 Å². The normalized spacial score (nSPS) is 18.1. The number of halogens is 2. The number of carbonyl (C=O) groups is 2. The van der Waals surface area contributed by atoms with E-state index in [4.69, 9.17) is 5.11 Å². The Balaban J connectivity index is 1.46. The van der Waals surface area contributed by atoms with Crippen LogP contribution in [0.5, 0.6) is 5.75 Å². The Labute approximate surface area is 177 Å². The third-order valence-electron chi connectivity index (χ3n) is 5.75. The van der Waals surface area contributed by atoms with Gasteiger partial charge in [-0.1, -0.05) is 18.2 Å². The van der Waals surface area contributed by atoms with Crippen LogP contribution in [0.25, 0.3) is 11.1 Å². The molecule has 1 saturated carbocycles. The zero-order valence-electron chi connectivity index (χ0n) is 16.6. The van der Waals surface area contributed by atoms with E-state index in [0.29, 0.717) is 50.1 Å². The maximum absolute atomic E-state index is 13.5. The number of aromatic hydroxyl groups is 1. The van der Waals surface area contributed by atoms with E-state index in [1.807, 2.05) is 0 Å². The molecule has 0 atom stereocenters. The minimum atomic E-state index is -4.13. The average molecular weight is 432 g/mol. The van der Waals surface area contributed by atoms with Gasteiger partial charge in [-0.3, -0.25) is 9.59 Å². The van der Waals surface area contributed by atoms with E-state index in [0.717, 1.165) is 6.07 Å². The molecule has 1 saturated heterocycles. The standard InChI is InChI=1S/C22H22F2N2O5/c23-22(24,31)18-13-16(27)5-6-17(18)14-1-3-15(4-2-14)19(28)25-9-11-26(12-10-25)20(29)21(30)7-8-21/h1-6,13,27,30-31H,7-12H2. The monoisotopic (exact) mass is 432 g/mol. The van der Waals surface area contributed by atoms with Crippen LogP contribution in [0.1, 0.15) is 28.8 Å². The van der Waals surface area contributed by atoms with Crippen LogP contribution in [-0.2, 0) is 10.9 Å². The second-order valence-corrected chi connectivity index (χ2v) is 7.96. The van der Waals surface area contributed by atoms with Crippen molar-refractivity contribution in [1.29, 1.82) is 0 Å². The quantitative estimate of drug-likeness (QED) is 0.685. The molecular formula is C22H22F2N2O5. The van der Waals surface area contributed by atoms with E-state index < -0.39 is 23.0 Å². The van der Waals surface area contributed by atoms with Gasteiger partial charge in [0.15, 0.2) is 0 Å². The Morgan fingerprint density at radius 1 is 0.935 bits per heavy atom. The molecule has 1 aliphatic heterocycles. The van der Waals surface area contributed by atoms with Crippen LogP contribution in [-0.4, -0.2) is 68.7 Å². The predicted octanol–water partition coefficient (Wildman–Crippen LogP) is 1.91. The Bertz CT molecular complexity index is 1010. The fourth-order valence-electron chi connectivity index (χ4n) is 3.75.